The molecule has 0 radical (unpaired) electrons. The fraction of sp³-hybridized carbons (Fsp3) is 0.438. The van der Waals surface area contributed by atoms with Gasteiger partial charge in [0.2, 0.25) is 5.91 Å². The molecule has 0 aliphatic carbocycles. The lowest BCUT2D eigenvalue weighted by atomic mass is 10.0. The standard InChI is InChI=1S/C16H22N2O2/c1-11-5-6-15(20-4)13(7-11)10-18(3)16(19)12(2)14-8-17-9-14/h5-7,17H,8-10H2,1-4H3. The summed E-state index contributed by atoms with van der Waals surface area (Å²) in [4.78, 5) is 14.1. The van der Waals surface area contributed by atoms with Gasteiger partial charge in [0.15, 0.2) is 0 Å². The second-order valence-corrected chi connectivity index (χ2v) is 5.31. The zero-order valence-electron chi connectivity index (χ0n) is 12.6. The number of nitrogens with one attached hydrogen (secondary N) is 1. The predicted octanol–water partition coefficient (Wildman–Crippen LogP) is 1.88. The van der Waals surface area contributed by atoms with Crippen molar-refractivity contribution in [1.29, 1.82) is 0 Å². The summed E-state index contributed by atoms with van der Waals surface area (Å²) >= 11 is 0. The molecule has 1 N–H and O–H groups in total. The maximum atomic E-state index is 12.4. The minimum Gasteiger partial charge on any atom is -0.496 e. The Morgan fingerprint density at radius 2 is 2.10 bits per heavy atom. The van der Waals surface area contributed by atoms with Gasteiger partial charge in [0.25, 0.3) is 0 Å². The second kappa shape index (κ2) is 6.09. The molecule has 20 heavy (non-hydrogen) atoms. The molecule has 2 rings (SSSR count). The molecule has 1 saturated heterocycles. The Labute approximate surface area is 120 Å². The van der Waals surface area contributed by atoms with Crippen LogP contribution >= 0.6 is 0 Å². The topological polar surface area (TPSA) is 41.6 Å². The second-order valence-electron chi connectivity index (χ2n) is 5.31. The summed E-state index contributed by atoms with van der Waals surface area (Å²) in [6, 6.07) is 6.03. The first-order chi connectivity index (χ1) is 9.52. The molecule has 1 amide bonds. The number of methoxy groups -OCH3 is 1. The fourth-order valence-electron chi connectivity index (χ4n) is 2.31. The van der Waals surface area contributed by atoms with Gasteiger partial charge in [-0.2, -0.15) is 0 Å². The van der Waals surface area contributed by atoms with Crippen LogP contribution in [0, 0.1) is 6.92 Å². The van der Waals surface area contributed by atoms with E-state index in [9.17, 15) is 4.79 Å². The van der Waals surface area contributed by atoms with E-state index < -0.39 is 0 Å². The predicted molar refractivity (Wildman–Crippen MR) is 79.8 cm³/mol. The molecule has 0 unspecified atom stereocenters. The molecule has 1 aromatic rings. The van der Waals surface area contributed by atoms with E-state index in [0.29, 0.717) is 6.54 Å². The van der Waals surface area contributed by atoms with Gasteiger partial charge in [-0.15, -0.1) is 0 Å². The van der Waals surface area contributed by atoms with Crippen molar-refractivity contribution < 1.29 is 9.53 Å². The zero-order chi connectivity index (χ0) is 14.7. The molecule has 108 valence electrons. The number of rotatable bonds is 4. The average Bonchev–Trinajstić information content (AvgIpc) is 2.36. The Bertz CT molecular complexity index is 543. The Morgan fingerprint density at radius 3 is 2.65 bits per heavy atom. The van der Waals surface area contributed by atoms with Crippen molar-refractivity contribution in [2.75, 3.05) is 27.2 Å². The molecule has 1 aliphatic rings. The van der Waals surface area contributed by atoms with Crippen molar-refractivity contribution in [2.45, 2.75) is 20.4 Å². The van der Waals surface area contributed by atoms with Gasteiger partial charge in [0.1, 0.15) is 5.75 Å². The van der Waals surface area contributed by atoms with E-state index >= 15 is 0 Å². The van der Waals surface area contributed by atoms with Gasteiger partial charge in [-0.3, -0.25) is 4.79 Å². The maximum Gasteiger partial charge on any atom is 0.249 e. The monoisotopic (exact) mass is 274 g/mol. The summed E-state index contributed by atoms with van der Waals surface area (Å²) < 4.78 is 5.36. The van der Waals surface area contributed by atoms with E-state index in [1.807, 2.05) is 33.0 Å². The highest BCUT2D eigenvalue weighted by Gasteiger charge is 2.19. The Balaban J connectivity index is 2.13. The zero-order valence-corrected chi connectivity index (χ0v) is 12.6. The van der Waals surface area contributed by atoms with Gasteiger partial charge in [0.05, 0.1) is 7.11 Å². The molecular formula is C16H22N2O2. The number of benzene rings is 1. The van der Waals surface area contributed by atoms with E-state index in [0.717, 1.165) is 30.0 Å². The molecule has 0 atom stereocenters. The van der Waals surface area contributed by atoms with Crippen molar-refractivity contribution in [2.24, 2.45) is 0 Å². The molecule has 0 spiro atoms. The molecule has 1 aliphatic heterocycles. The SMILES string of the molecule is COc1ccc(C)cc1CN(C)C(=O)C(C)=C1CNC1. The summed E-state index contributed by atoms with van der Waals surface area (Å²) in [7, 11) is 3.49. The molecule has 1 heterocycles. The van der Waals surface area contributed by atoms with Crippen molar-refractivity contribution >= 4 is 5.91 Å². The first-order valence-corrected chi connectivity index (χ1v) is 6.81. The quantitative estimate of drug-likeness (QED) is 0.852. The summed E-state index contributed by atoms with van der Waals surface area (Å²) in [5.41, 5.74) is 4.27. The van der Waals surface area contributed by atoms with Crippen LogP contribution in [0.15, 0.2) is 29.3 Å². The number of nitrogens with zero attached hydrogens (tertiary/aromatic N) is 1. The minimum absolute atomic E-state index is 0.0880. The van der Waals surface area contributed by atoms with Crippen LogP contribution in [-0.2, 0) is 11.3 Å². The Morgan fingerprint density at radius 1 is 1.40 bits per heavy atom. The van der Waals surface area contributed by atoms with E-state index in [-0.39, 0.29) is 5.91 Å². The van der Waals surface area contributed by atoms with Gasteiger partial charge < -0.3 is 15.0 Å². The normalized spacial score (nSPS) is 13.7. The van der Waals surface area contributed by atoms with Gasteiger partial charge in [-0.05, 0) is 25.5 Å². The number of likely N-dealkylation sites (N-methyl/N-ethyl adjacent to an activating group) is 1. The van der Waals surface area contributed by atoms with Crippen LogP contribution in [0.25, 0.3) is 0 Å². The third kappa shape index (κ3) is 3.02. The molecule has 0 bridgehead atoms. The third-order valence-corrected chi connectivity index (χ3v) is 3.72. The number of carbonyl (C=O) groups excluding carboxylic acids is 1. The number of hydrogen-bond acceptors (Lipinski definition) is 3. The number of aryl methyl sites for hydroxylation is 1. The average molecular weight is 274 g/mol. The Hall–Kier alpha value is -1.81. The molecule has 4 heteroatoms. The van der Waals surface area contributed by atoms with Crippen LogP contribution in [0.1, 0.15) is 18.1 Å². The molecule has 0 saturated carbocycles. The molecule has 1 fully saturated rings. The summed E-state index contributed by atoms with van der Waals surface area (Å²) in [5, 5.41) is 3.16. The van der Waals surface area contributed by atoms with Gasteiger partial charge in [-0.1, -0.05) is 17.7 Å². The lowest BCUT2D eigenvalue weighted by molar-refractivity contribution is -0.126. The first-order valence-electron chi connectivity index (χ1n) is 6.81. The maximum absolute atomic E-state index is 12.4. The van der Waals surface area contributed by atoms with Crippen molar-refractivity contribution in [1.82, 2.24) is 10.2 Å². The Kier molecular flexibility index (Phi) is 4.45. The van der Waals surface area contributed by atoms with Crippen molar-refractivity contribution in [3.05, 3.63) is 40.5 Å². The summed E-state index contributed by atoms with van der Waals surface area (Å²) in [5.74, 6) is 0.913. The van der Waals surface area contributed by atoms with Crippen LogP contribution in [0.2, 0.25) is 0 Å². The number of hydrogen-bond donors (Lipinski definition) is 1. The molecule has 1 aromatic carbocycles. The molecule has 0 aromatic heterocycles. The van der Waals surface area contributed by atoms with E-state index in [2.05, 4.69) is 11.4 Å². The van der Waals surface area contributed by atoms with Crippen LogP contribution in [0.5, 0.6) is 5.75 Å². The van der Waals surface area contributed by atoms with Crippen LogP contribution in [0.4, 0.5) is 0 Å². The molecule has 4 nitrogen and oxygen atoms in total. The highest BCUT2D eigenvalue weighted by atomic mass is 16.5. The lowest BCUT2D eigenvalue weighted by Crippen LogP contribution is -2.38. The van der Waals surface area contributed by atoms with Crippen LogP contribution in [-0.4, -0.2) is 38.1 Å². The van der Waals surface area contributed by atoms with Gasteiger partial charge in [0, 0.05) is 37.8 Å². The van der Waals surface area contributed by atoms with Crippen LogP contribution < -0.4 is 10.1 Å². The van der Waals surface area contributed by atoms with Crippen LogP contribution in [0.3, 0.4) is 0 Å². The number of carbonyl (C=O) groups is 1. The van der Waals surface area contributed by atoms with Gasteiger partial charge in [-0.25, -0.2) is 0 Å². The smallest absolute Gasteiger partial charge is 0.249 e. The third-order valence-electron chi connectivity index (χ3n) is 3.72. The minimum atomic E-state index is 0.0880. The fourth-order valence-corrected chi connectivity index (χ4v) is 2.31. The van der Waals surface area contributed by atoms with E-state index in [4.69, 9.17) is 4.74 Å². The largest absolute Gasteiger partial charge is 0.496 e. The van der Waals surface area contributed by atoms with Crippen molar-refractivity contribution in [3.8, 4) is 5.75 Å². The lowest BCUT2D eigenvalue weighted by Gasteiger charge is -2.25. The van der Waals surface area contributed by atoms with Gasteiger partial charge >= 0.3 is 0 Å². The molecular weight excluding hydrogens is 252 g/mol. The highest BCUT2D eigenvalue weighted by Crippen LogP contribution is 2.22. The van der Waals surface area contributed by atoms with E-state index in [1.54, 1.807) is 12.0 Å². The number of amides is 1. The van der Waals surface area contributed by atoms with E-state index in [1.165, 1.54) is 11.1 Å². The first kappa shape index (κ1) is 14.6. The highest BCUT2D eigenvalue weighted by molar-refractivity contribution is 5.93. The van der Waals surface area contributed by atoms with Crippen molar-refractivity contribution in [3.63, 3.8) is 0 Å². The summed E-state index contributed by atoms with van der Waals surface area (Å²) in [6.45, 7) is 6.17. The summed E-state index contributed by atoms with van der Waals surface area (Å²) in [6.07, 6.45) is 0. The number of ether oxygens (including phenoxy) is 1.